The zero-order valence-corrected chi connectivity index (χ0v) is 12.9. The first-order valence-electron chi connectivity index (χ1n) is 6.64. The Morgan fingerprint density at radius 3 is 1.75 bits per heavy atom. The van der Waals surface area contributed by atoms with E-state index in [9.17, 15) is 0 Å². The fourth-order valence-electron chi connectivity index (χ4n) is 1.94. The molecular formula is C17H20N2S. The first kappa shape index (κ1) is 14.5. The molecule has 0 aliphatic carbocycles. The van der Waals surface area contributed by atoms with Crippen molar-refractivity contribution in [3.8, 4) is 0 Å². The van der Waals surface area contributed by atoms with Crippen molar-refractivity contribution in [2.45, 2.75) is 26.2 Å². The fraction of sp³-hybridized carbons (Fsp3) is 0.235. The van der Waals surface area contributed by atoms with Gasteiger partial charge in [-0.2, -0.15) is 0 Å². The molecule has 0 unspecified atom stereocenters. The summed E-state index contributed by atoms with van der Waals surface area (Å²) in [6.07, 6.45) is 0. The first-order valence-corrected chi connectivity index (χ1v) is 7.04. The van der Waals surface area contributed by atoms with Crippen LogP contribution in [-0.4, -0.2) is 4.99 Å². The van der Waals surface area contributed by atoms with Crippen LogP contribution in [0.25, 0.3) is 0 Å². The Morgan fingerprint density at radius 1 is 0.900 bits per heavy atom. The zero-order valence-electron chi connectivity index (χ0n) is 12.1. The number of hydrogen-bond acceptors (Lipinski definition) is 2. The highest BCUT2D eigenvalue weighted by atomic mass is 32.1. The Hall–Kier alpha value is -1.87. The lowest BCUT2D eigenvalue weighted by Gasteiger charge is -2.19. The lowest BCUT2D eigenvalue weighted by molar-refractivity contribution is 0.590. The molecule has 0 fully saturated rings. The second kappa shape index (κ2) is 5.63. The highest BCUT2D eigenvalue weighted by molar-refractivity contribution is 7.80. The third-order valence-corrected chi connectivity index (χ3v) is 3.44. The van der Waals surface area contributed by atoms with Gasteiger partial charge in [0.15, 0.2) is 0 Å². The molecule has 0 bridgehead atoms. The molecule has 3 N–H and O–H groups in total. The minimum atomic E-state index is 0.178. The molecule has 2 aromatic carbocycles. The van der Waals surface area contributed by atoms with Crippen molar-refractivity contribution in [2.75, 3.05) is 5.32 Å². The van der Waals surface area contributed by atoms with E-state index >= 15 is 0 Å². The molecule has 2 nitrogen and oxygen atoms in total. The monoisotopic (exact) mass is 284 g/mol. The van der Waals surface area contributed by atoms with Gasteiger partial charge >= 0.3 is 0 Å². The van der Waals surface area contributed by atoms with Crippen LogP contribution >= 0.6 is 12.2 Å². The lowest BCUT2D eigenvalue weighted by atomic mass is 9.87. The summed E-state index contributed by atoms with van der Waals surface area (Å²) >= 11 is 4.94. The van der Waals surface area contributed by atoms with Gasteiger partial charge in [0.25, 0.3) is 0 Å². The van der Waals surface area contributed by atoms with Gasteiger partial charge < -0.3 is 11.1 Å². The predicted molar refractivity (Wildman–Crippen MR) is 90.8 cm³/mol. The van der Waals surface area contributed by atoms with Crippen LogP contribution in [0.15, 0.2) is 48.5 Å². The summed E-state index contributed by atoms with van der Waals surface area (Å²) < 4.78 is 0. The van der Waals surface area contributed by atoms with Gasteiger partial charge in [0.1, 0.15) is 4.99 Å². The van der Waals surface area contributed by atoms with Crippen LogP contribution in [0, 0.1) is 0 Å². The second-order valence-electron chi connectivity index (χ2n) is 5.89. The number of rotatable bonds is 3. The van der Waals surface area contributed by atoms with E-state index in [-0.39, 0.29) is 5.41 Å². The van der Waals surface area contributed by atoms with Crippen LogP contribution in [0.4, 0.5) is 11.4 Å². The van der Waals surface area contributed by atoms with E-state index in [1.807, 2.05) is 24.3 Å². The van der Waals surface area contributed by atoms with Crippen LogP contribution in [0.1, 0.15) is 31.9 Å². The zero-order chi connectivity index (χ0) is 14.8. The highest BCUT2D eigenvalue weighted by Gasteiger charge is 2.12. The highest BCUT2D eigenvalue weighted by Crippen LogP contribution is 2.25. The summed E-state index contributed by atoms with van der Waals surface area (Å²) in [6.45, 7) is 6.64. The fourth-order valence-corrected chi connectivity index (χ4v) is 2.07. The van der Waals surface area contributed by atoms with E-state index in [0.717, 1.165) is 16.9 Å². The van der Waals surface area contributed by atoms with E-state index in [0.29, 0.717) is 4.99 Å². The van der Waals surface area contributed by atoms with E-state index in [2.05, 4.69) is 50.4 Å². The normalized spacial score (nSPS) is 11.2. The van der Waals surface area contributed by atoms with Crippen LogP contribution in [-0.2, 0) is 5.41 Å². The van der Waals surface area contributed by atoms with Crippen molar-refractivity contribution in [2.24, 2.45) is 5.73 Å². The van der Waals surface area contributed by atoms with Crippen LogP contribution in [0.5, 0.6) is 0 Å². The Balaban J connectivity index is 2.12. The molecule has 2 rings (SSSR count). The van der Waals surface area contributed by atoms with E-state index < -0.39 is 0 Å². The van der Waals surface area contributed by atoms with Gasteiger partial charge in [0.05, 0.1) is 0 Å². The predicted octanol–water partition coefficient (Wildman–Crippen LogP) is 4.36. The summed E-state index contributed by atoms with van der Waals surface area (Å²) in [6, 6.07) is 16.3. The van der Waals surface area contributed by atoms with Crippen LogP contribution in [0.2, 0.25) is 0 Å². The molecule has 0 atom stereocenters. The summed E-state index contributed by atoms with van der Waals surface area (Å²) in [7, 11) is 0. The molecule has 0 aliphatic rings. The Labute approximate surface area is 126 Å². The van der Waals surface area contributed by atoms with Crippen LogP contribution < -0.4 is 11.1 Å². The largest absolute Gasteiger partial charge is 0.389 e. The molecule has 0 saturated carbocycles. The average Bonchev–Trinajstić information content (AvgIpc) is 2.39. The Kier molecular flexibility index (Phi) is 4.09. The van der Waals surface area contributed by atoms with Gasteiger partial charge in [-0.25, -0.2) is 0 Å². The summed E-state index contributed by atoms with van der Waals surface area (Å²) in [5.41, 5.74) is 10.1. The molecule has 0 aliphatic heterocycles. The molecule has 0 saturated heterocycles. The van der Waals surface area contributed by atoms with E-state index in [1.165, 1.54) is 5.56 Å². The molecule has 0 amide bonds. The number of benzene rings is 2. The number of thiocarbonyl (C=S) groups is 1. The number of hydrogen-bond donors (Lipinski definition) is 2. The minimum Gasteiger partial charge on any atom is -0.389 e. The van der Waals surface area contributed by atoms with Crippen molar-refractivity contribution in [1.29, 1.82) is 0 Å². The maximum Gasteiger partial charge on any atom is 0.103 e. The summed E-state index contributed by atoms with van der Waals surface area (Å²) in [5.74, 6) is 0. The van der Waals surface area contributed by atoms with Crippen molar-refractivity contribution in [3.05, 3.63) is 59.7 Å². The van der Waals surface area contributed by atoms with Crippen molar-refractivity contribution >= 4 is 28.6 Å². The van der Waals surface area contributed by atoms with Gasteiger partial charge in [-0.3, -0.25) is 0 Å². The minimum absolute atomic E-state index is 0.178. The maximum atomic E-state index is 5.58. The third-order valence-electron chi connectivity index (χ3n) is 3.21. The molecule has 0 radical (unpaired) electrons. The molecule has 0 spiro atoms. The van der Waals surface area contributed by atoms with Gasteiger partial charge in [-0.15, -0.1) is 0 Å². The topological polar surface area (TPSA) is 38.0 Å². The number of nitrogens with one attached hydrogen (secondary N) is 1. The Morgan fingerprint density at radius 2 is 1.35 bits per heavy atom. The number of nitrogens with two attached hydrogens (primary N) is 1. The van der Waals surface area contributed by atoms with E-state index in [4.69, 9.17) is 18.0 Å². The average molecular weight is 284 g/mol. The molecular weight excluding hydrogens is 264 g/mol. The van der Waals surface area contributed by atoms with Gasteiger partial charge in [-0.1, -0.05) is 45.1 Å². The Bertz CT molecular complexity index is 592. The SMILES string of the molecule is CC(C)(C)c1ccc(Nc2ccc(C(N)=S)cc2)cc1. The van der Waals surface area contributed by atoms with Crippen molar-refractivity contribution in [1.82, 2.24) is 0 Å². The van der Waals surface area contributed by atoms with Gasteiger partial charge in [0.2, 0.25) is 0 Å². The van der Waals surface area contributed by atoms with Crippen molar-refractivity contribution in [3.63, 3.8) is 0 Å². The van der Waals surface area contributed by atoms with Crippen LogP contribution in [0.3, 0.4) is 0 Å². The summed E-state index contributed by atoms with van der Waals surface area (Å²) in [4.78, 5) is 0.422. The quantitative estimate of drug-likeness (QED) is 0.822. The molecule has 3 heteroatoms. The molecule has 104 valence electrons. The molecule has 0 aromatic heterocycles. The molecule has 2 aromatic rings. The van der Waals surface area contributed by atoms with Gasteiger partial charge in [0, 0.05) is 16.9 Å². The third kappa shape index (κ3) is 3.58. The molecule has 20 heavy (non-hydrogen) atoms. The number of anilines is 2. The standard InChI is InChI=1S/C17H20N2S/c1-17(2,3)13-6-10-15(11-7-13)19-14-8-4-12(5-9-14)16(18)20/h4-11,19H,1-3H3,(H2,18,20). The summed E-state index contributed by atoms with van der Waals surface area (Å²) in [5, 5.41) is 3.36. The molecule has 0 heterocycles. The second-order valence-corrected chi connectivity index (χ2v) is 6.33. The van der Waals surface area contributed by atoms with E-state index in [1.54, 1.807) is 0 Å². The van der Waals surface area contributed by atoms with Gasteiger partial charge in [-0.05, 0) is 47.4 Å². The van der Waals surface area contributed by atoms with Crippen molar-refractivity contribution < 1.29 is 0 Å². The first-order chi connectivity index (χ1) is 9.36. The smallest absolute Gasteiger partial charge is 0.103 e. The lowest BCUT2D eigenvalue weighted by Crippen LogP contribution is -2.10. The maximum absolute atomic E-state index is 5.58.